The summed E-state index contributed by atoms with van der Waals surface area (Å²) in [7, 11) is 0. The Hall–Kier alpha value is -3.68. The Morgan fingerprint density at radius 1 is 0.925 bits per heavy atom. The lowest BCUT2D eigenvalue weighted by molar-refractivity contribution is -0.127. The van der Waals surface area contributed by atoms with E-state index in [1.807, 2.05) is 91.9 Å². The standard InChI is InChI=1S/C33H40N2O5/c1-2-23(21-34-33(39)40-22-25-13-7-4-8-14-25)18-28(36)19-27(17-24-11-5-3-6-12-24)32(38)35-31-29-16-10-9-15-26(29)20-30(31)37/h3-16,23,27-28,30-31,36-37H,2,17-22H2,1H3,(H,34,39)(H,35,38)/t23?,27-,28+,30-,31-/m1/s1. The van der Waals surface area contributed by atoms with Gasteiger partial charge in [0.15, 0.2) is 0 Å². The maximum atomic E-state index is 13.5. The van der Waals surface area contributed by atoms with E-state index in [2.05, 4.69) is 10.6 Å². The zero-order chi connectivity index (χ0) is 28.3. The first-order valence-electron chi connectivity index (χ1n) is 14.2. The molecule has 212 valence electrons. The normalized spacial score (nSPS) is 18.3. The predicted molar refractivity (Wildman–Crippen MR) is 154 cm³/mol. The second-order valence-electron chi connectivity index (χ2n) is 10.7. The van der Waals surface area contributed by atoms with Gasteiger partial charge in [-0.2, -0.15) is 0 Å². The molecule has 0 saturated carbocycles. The highest BCUT2D eigenvalue weighted by Gasteiger charge is 2.34. The maximum Gasteiger partial charge on any atom is 0.407 e. The van der Waals surface area contributed by atoms with Crippen LogP contribution in [0, 0.1) is 11.8 Å². The van der Waals surface area contributed by atoms with Crippen LogP contribution in [0.1, 0.15) is 54.5 Å². The number of ether oxygens (including phenoxy) is 1. The van der Waals surface area contributed by atoms with Crippen molar-refractivity contribution in [2.24, 2.45) is 11.8 Å². The van der Waals surface area contributed by atoms with Crippen LogP contribution in [0.25, 0.3) is 0 Å². The highest BCUT2D eigenvalue weighted by molar-refractivity contribution is 5.80. The Balaban J connectivity index is 1.33. The first-order valence-corrected chi connectivity index (χ1v) is 14.2. The molecule has 0 heterocycles. The molecule has 7 heteroatoms. The first-order chi connectivity index (χ1) is 19.4. The molecule has 0 aliphatic heterocycles. The fourth-order valence-corrected chi connectivity index (χ4v) is 5.41. The third-order valence-electron chi connectivity index (χ3n) is 7.68. The molecule has 0 bridgehead atoms. The van der Waals surface area contributed by atoms with E-state index in [4.69, 9.17) is 4.74 Å². The van der Waals surface area contributed by atoms with Gasteiger partial charge in [-0.3, -0.25) is 4.79 Å². The zero-order valence-electron chi connectivity index (χ0n) is 23.0. The molecule has 5 atom stereocenters. The van der Waals surface area contributed by atoms with Crippen molar-refractivity contribution in [3.63, 3.8) is 0 Å². The molecule has 4 N–H and O–H groups in total. The van der Waals surface area contributed by atoms with E-state index in [1.54, 1.807) is 0 Å². The number of hydrogen-bond donors (Lipinski definition) is 4. The molecule has 40 heavy (non-hydrogen) atoms. The molecule has 7 nitrogen and oxygen atoms in total. The van der Waals surface area contributed by atoms with E-state index < -0.39 is 30.3 Å². The summed E-state index contributed by atoms with van der Waals surface area (Å²) in [6, 6.07) is 26.6. The fourth-order valence-electron chi connectivity index (χ4n) is 5.41. The Morgan fingerprint density at radius 2 is 1.57 bits per heavy atom. The highest BCUT2D eigenvalue weighted by atomic mass is 16.5. The molecule has 0 radical (unpaired) electrons. The van der Waals surface area contributed by atoms with Gasteiger partial charge < -0.3 is 25.6 Å². The van der Waals surface area contributed by atoms with Crippen LogP contribution >= 0.6 is 0 Å². The van der Waals surface area contributed by atoms with Crippen molar-refractivity contribution in [3.8, 4) is 0 Å². The highest BCUT2D eigenvalue weighted by Crippen LogP contribution is 2.32. The van der Waals surface area contributed by atoms with E-state index in [0.717, 1.165) is 28.7 Å². The second-order valence-corrected chi connectivity index (χ2v) is 10.7. The summed E-state index contributed by atoms with van der Waals surface area (Å²) in [5.41, 5.74) is 3.91. The van der Waals surface area contributed by atoms with Gasteiger partial charge in [-0.05, 0) is 47.4 Å². The Morgan fingerprint density at radius 3 is 2.27 bits per heavy atom. The van der Waals surface area contributed by atoms with Crippen LogP contribution in [0.15, 0.2) is 84.9 Å². The second kappa shape index (κ2) is 14.6. The number of carbonyl (C=O) groups is 2. The summed E-state index contributed by atoms with van der Waals surface area (Å²) in [6.07, 6.45) is 0.572. The number of aliphatic hydroxyl groups excluding tert-OH is 2. The first kappa shape index (κ1) is 29.3. The van der Waals surface area contributed by atoms with E-state index in [9.17, 15) is 19.8 Å². The lowest BCUT2D eigenvalue weighted by Crippen LogP contribution is -2.40. The smallest absolute Gasteiger partial charge is 0.407 e. The zero-order valence-corrected chi connectivity index (χ0v) is 23.0. The van der Waals surface area contributed by atoms with Crippen molar-refractivity contribution in [3.05, 3.63) is 107 Å². The summed E-state index contributed by atoms with van der Waals surface area (Å²) >= 11 is 0. The third kappa shape index (κ3) is 8.41. The van der Waals surface area contributed by atoms with Crippen molar-refractivity contribution in [2.75, 3.05) is 6.54 Å². The quantitative estimate of drug-likeness (QED) is 0.249. The Bertz CT molecular complexity index is 1220. The van der Waals surface area contributed by atoms with Crippen molar-refractivity contribution >= 4 is 12.0 Å². The van der Waals surface area contributed by atoms with Crippen molar-refractivity contribution in [1.29, 1.82) is 0 Å². The molecule has 0 aromatic heterocycles. The largest absolute Gasteiger partial charge is 0.445 e. The van der Waals surface area contributed by atoms with Gasteiger partial charge in [-0.25, -0.2) is 4.79 Å². The minimum absolute atomic E-state index is 0.0308. The summed E-state index contributed by atoms with van der Waals surface area (Å²) < 4.78 is 5.30. The Kier molecular flexibility index (Phi) is 10.7. The van der Waals surface area contributed by atoms with Crippen molar-refractivity contribution in [1.82, 2.24) is 10.6 Å². The molecular formula is C33H40N2O5. The average Bonchev–Trinajstić information content (AvgIpc) is 3.29. The number of hydrogen-bond acceptors (Lipinski definition) is 5. The third-order valence-corrected chi connectivity index (χ3v) is 7.68. The van der Waals surface area contributed by atoms with Crippen LogP contribution in [-0.4, -0.2) is 41.0 Å². The molecule has 1 aliphatic rings. The molecule has 1 unspecified atom stereocenters. The summed E-state index contributed by atoms with van der Waals surface area (Å²) in [5.74, 6) is -0.624. The lowest BCUT2D eigenvalue weighted by Gasteiger charge is -2.26. The summed E-state index contributed by atoms with van der Waals surface area (Å²) in [4.78, 5) is 25.7. The molecular weight excluding hydrogens is 504 g/mol. The van der Waals surface area contributed by atoms with E-state index >= 15 is 0 Å². The van der Waals surface area contributed by atoms with Crippen LogP contribution in [0.4, 0.5) is 4.79 Å². The average molecular weight is 545 g/mol. The molecule has 3 aromatic carbocycles. The molecule has 0 saturated heterocycles. The van der Waals surface area contributed by atoms with Gasteiger partial charge in [0.1, 0.15) is 6.61 Å². The molecule has 0 fully saturated rings. The van der Waals surface area contributed by atoms with Gasteiger partial charge in [0, 0.05) is 18.9 Å². The molecule has 2 amide bonds. The number of carbonyl (C=O) groups excluding carboxylic acids is 2. The lowest BCUT2D eigenvalue weighted by atomic mass is 9.88. The Labute approximate surface area is 236 Å². The van der Waals surface area contributed by atoms with Gasteiger partial charge in [-0.1, -0.05) is 98.3 Å². The van der Waals surface area contributed by atoms with Crippen LogP contribution in [0.3, 0.4) is 0 Å². The predicted octanol–water partition coefficient (Wildman–Crippen LogP) is 4.71. The van der Waals surface area contributed by atoms with Gasteiger partial charge >= 0.3 is 6.09 Å². The number of aliphatic hydroxyl groups is 2. The van der Waals surface area contributed by atoms with Crippen molar-refractivity contribution < 1.29 is 24.5 Å². The summed E-state index contributed by atoms with van der Waals surface area (Å²) in [6.45, 7) is 2.59. The van der Waals surface area contributed by atoms with Crippen LogP contribution in [0.2, 0.25) is 0 Å². The van der Waals surface area contributed by atoms with E-state index in [1.165, 1.54) is 0 Å². The van der Waals surface area contributed by atoms with Crippen LogP contribution in [0.5, 0.6) is 0 Å². The number of alkyl carbamates (subject to hydrolysis) is 1. The van der Waals surface area contributed by atoms with Gasteiger partial charge in [0.2, 0.25) is 5.91 Å². The van der Waals surface area contributed by atoms with Gasteiger partial charge in [0.25, 0.3) is 0 Å². The van der Waals surface area contributed by atoms with E-state index in [0.29, 0.717) is 25.8 Å². The van der Waals surface area contributed by atoms with Crippen molar-refractivity contribution in [2.45, 2.75) is 63.9 Å². The topological polar surface area (TPSA) is 108 Å². The maximum absolute atomic E-state index is 13.5. The molecule has 0 spiro atoms. The number of benzene rings is 3. The minimum Gasteiger partial charge on any atom is -0.445 e. The number of fused-ring (bicyclic) bond motifs is 1. The molecule has 1 aliphatic carbocycles. The number of nitrogens with one attached hydrogen (secondary N) is 2. The van der Waals surface area contributed by atoms with Crippen LogP contribution < -0.4 is 10.6 Å². The number of rotatable bonds is 13. The molecule has 4 rings (SSSR count). The summed E-state index contributed by atoms with van der Waals surface area (Å²) in [5, 5.41) is 27.6. The van der Waals surface area contributed by atoms with Gasteiger partial charge in [0.05, 0.1) is 18.2 Å². The van der Waals surface area contributed by atoms with E-state index in [-0.39, 0.29) is 24.9 Å². The SMILES string of the molecule is CCC(CNC(=O)OCc1ccccc1)C[C@H](O)C[C@@H](Cc1ccccc1)C(=O)N[C@@H]1c2ccccc2C[C@H]1O. The minimum atomic E-state index is -0.729. The molecule has 3 aromatic rings. The number of amides is 2. The van der Waals surface area contributed by atoms with Crippen LogP contribution in [-0.2, 0) is 29.0 Å². The van der Waals surface area contributed by atoms with Gasteiger partial charge in [-0.15, -0.1) is 0 Å². The monoisotopic (exact) mass is 544 g/mol. The fraction of sp³-hybridized carbons (Fsp3) is 0.394.